The van der Waals surface area contributed by atoms with Gasteiger partial charge in [0.2, 0.25) is 0 Å². The third-order valence-electron chi connectivity index (χ3n) is 2.40. The summed E-state index contributed by atoms with van der Waals surface area (Å²) >= 11 is 11.8. The normalized spacial score (nSPS) is 10.4. The molecule has 18 heavy (non-hydrogen) atoms. The van der Waals surface area contributed by atoms with Crippen molar-refractivity contribution >= 4 is 34.8 Å². The van der Waals surface area contributed by atoms with Crippen molar-refractivity contribution in [1.82, 2.24) is 9.78 Å². The first-order valence-electron chi connectivity index (χ1n) is 5.39. The molecule has 1 amide bonds. The van der Waals surface area contributed by atoms with Crippen LogP contribution in [-0.2, 0) is 6.54 Å². The highest BCUT2D eigenvalue weighted by Gasteiger charge is 2.10. The SMILES string of the molecule is CCn1cc(C(=O)Nc2ccc(Cl)cc2Cl)cn1. The zero-order valence-electron chi connectivity index (χ0n) is 9.65. The molecule has 0 atom stereocenters. The number of halogens is 2. The van der Waals surface area contributed by atoms with Gasteiger partial charge in [0, 0.05) is 17.8 Å². The number of aryl methyl sites for hydroxylation is 1. The van der Waals surface area contributed by atoms with Gasteiger partial charge < -0.3 is 5.32 Å². The summed E-state index contributed by atoms with van der Waals surface area (Å²) in [5.74, 6) is -0.251. The van der Waals surface area contributed by atoms with E-state index in [0.29, 0.717) is 21.3 Å². The van der Waals surface area contributed by atoms with E-state index >= 15 is 0 Å². The number of hydrogen-bond donors (Lipinski definition) is 1. The third kappa shape index (κ3) is 2.83. The van der Waals surface area contributed by atoms with Crippen LogP contribution in [0.3, 0.4) is 0 Å². The summed E-state index contributed by atoms with van der Waals surface area (Å²) in [6, 6.07) is 4.90. The predicted molar refractivity (Wildman–Crippen MR) is 72.3 cm³/mol. The summed E-state index contributed by atoms with van der Waals surface area (Å²) in [6.45, 7) is 2.67. The zero-order chi connectivity index (χ0) is 13.1. The molecule has 1 aromatic carbocycles. The molecule has 0 aliphatic rings. The van der Waals surface area contributed by atoms with Crippen molar-refractivity contribution in [2.45, 2.75) is 13.5 Å². The minimum absolute atomic E-state index is 0.251. The molecule has 1 heterocycles. The van der Waals surface area contributed by atoms with Crippen LogP contribution in [0, 0.1) is 0 Å². The second kappa shape index (κ2) is 5.42. The minimum Gasteiger partial charge on any atom is -0.321 e. The molecule has 0 aliphatic carbocycles. The maximum Gasteiger partial charge on any atom is 0.258 e. The Bertz CT molecular complexity index is 580. The third-order valence-corrected chi connectivity index (χ3v) is 2.95. The first-order chi connectivity index (χ1) is 8.60. The number of carbonyl (C=O) groups excluding carboxylic acids is 1. The Morgan fingerprint density at radius 1 is 1.44 bits per heavy atom. The van der Waals surface area contributed by atoms with E-state index in [9.17, 15) is 4.79 Å². The molecule has 4 nitrogen and oxygen atoms in total. The summed E-state index contributed by atoms with van der Waals surface area (Å²) in [4.78, 5) is 11.9. The van der Waals surface area contributed by atoms with Gasteiger partial charge in [-0.15, -0.1) is 0 Å². The highest BCUT2D eigenvalue weighted by molar-refractivity contribution is 6.36. The van der Waals surface area contributed by atoms with Crippen LogP contribution in [0.2, 0.25) is 10.0 Å². The van der Waals surface area contributed by atoms with Crippen LogP contribution in [-0.4, -0.2) is 15.7 Å². The van der Waals surface area contributed by atoms with Gasteiger partial charge in [0.05, 0.1) is 22.5 Å². The van der Waals surface area contributed by atoms with Gasteiger partial charge in [-0.25, -0.2) is 0 Å². The Kier molecular flexibility index (Phi) is 3.89. The molecular formula is C12H11Cl2N3O. The largest absolute Gasteiger partial charge is 0.321 e. The second-order valence-electron chi connectivity index (χ2n) is 3.66. The minimum atomic E-state index is -0.251. The van der Waals surface area contributed by atoms with Crippen molar-refractivity contribution in [2.24, 2.45) is 0 Å². The average Bonchev–Trinajstić information content (AvgIpc) is 2.81. The molecule has 94 valence electrons. The molecule has 1 aromatic heterocycles. The lowest BCUT2D eigenvalue weighted by Crippen LogP contribution is -2.11. The van der Waals surface area contributed by atoms with Gasteiger partial charge in [-0.1, -0.05) is 23.2 Å². The van der Waals surface area contributed by atoms with Crippen LogP contribution in [0.1, 0.15) is 17.3 Å². The van der Waals surface area contributed by atoms with Gasteiger partial charge in [0.25, 0.3) is 5.91 Å². The Labute approximate surface area is 115 Å². The number of amides is 1. The molecule has 0 saturated carbocycles. The van der Waals surface area contributed by atoms with E-state index in [0.717, 1.165) is 6.54 Å². The van der Waals surface area contributed by atoms with E-state index < -0.39 is 0 Å². The topological polar surface area (TPSA) is 46.9 Å². The van der Waals surface area contributed by atoms with Crippen molar-refractivity contribution in [1.29, 1.82) is 0 Å². The fraction of sp³-hybridized carbons (Fsp3) is 0.167. The molecule has 0 fully saturated rings. The molecule has 0 bridgehead atoms. The van der Waals surface area contributed by atoms with Gasteiger partial charge in [0.1, 0.15) is 0 Å². The lowest BCUT2D eigenvalue weighted by atomic mass is 10.3. The summed E-state index contributed by atoms with van der Waals surface area (Å²) in [6.07, 6.45) is 3.20. The van der Waals surface area contributed by atoms with Gasteiger partial charge in [-0.05, 0) is 25.1 Å². The molecule has 2 aromatic rings. The standard InChI is InChI=1S/C12H11Cl2N3O/c1-2-17-7-8(6-15-17)12(18)16-11-4-3-9(13)5-10(11)14/h3-7H,2H2,1H3,(H,16,18). The van der Waals surface area contributed by atoms with E-state index in [4.69, 9.17) is 23.2 Å². The summed E-state index contributed by atoms with van der Waals surface area (Å²) in [5, 5.41) is 7.67. The lowest BCUT2D eigenvalue weighted by molar-refractivity contribution is 0.102. The fourth-order valence-corrected chi connectivity index (χ4v) is 1.89. The van der Waals surface area contributed by atoms with Crippen molar-refractivity contribution in [3.05, 3.63) is 46.2 Å². The first-order valence-corrected chi connectivity index (χ1v) is 6.14. The molecule has 2 rings (SSSR count). The molecule has 6 heteroatoms. The smallest absolute Gasteiger partial charge is 0.258 e. The maximum atomic E-state index is 11.9. The van der Waals surface area contributed by atoms with Crippen molar-refractivity contribution in [3.8, 4) is 0 Å². The number of anilines is 1. The molecule has 0 unspecified atom stereocenters. The average molecular weight is 284 g/mol. The molecule has 1 N–H and O–H groups in total. The Morgan fingerprint density at radius 2 is 2.22 bits per heavy atom. The molecule has 0 spiro atoms. The lowest BCUT2D eigenvalue weighted by Gasteiger charge is -2.05. The van der Waals surface area contributed by atoms with E-state index in [2.05, 4.69) is 10.4 Å². The Balaban J connectivity index is 2.16. The van der Waals surface area contributed by atoms with Crippen LogP contribution in [0.15, 0.2) is 30.6 Å². The summed E-state index contributed by atoms with van der Waals surface area (Å²) < 4.78 is 1.68. The van der Waals surface area contributed by atoms with E-state index in [1.807, 2.05) is 6.92 Å². The number of benzene rings is 1. The summed E-state index contributed by atoms with van der Waals surface area (Å²) in [7, 11) is 0. The van der Waals surface area contributed by atoms with Crippen LogP contribution in [0.4, 0.5) is 5.69 Å². The number of aromatic nitrogens is 2. The van der Waals surface area contributed by atoms with Gasteiger partial charge in [-0.3, -0.25) is 9.48 Å². The molecule has 0 saturated heterocycles. The number of nitrogens with one attached hydrogen (secondary N) is 1. The number of rotatable bonds is 3. The van der Waals surface area contributed by atoms with E-state index in [1.54, 1.807) is 29.1 Å². The zero-order valence-corrected chi connectivity index (χ0v) is 11.2. The van der Waals surface area contributed by atoms with Crippen LogP contribution < -0.4 is 5.32 Å². The first kappa shape index (κ1) is 12.9. The van der Waals surface area contributed by atoms with E-state index in [1.165, 1.54) is 6.20 Å². The van der Waals surface area contributed by atoms with Crippen molar-refractivity contribution in [3.63, 3.8) is 0 Å². The van der Waals surface area contributed by atoms with Crippen molar-refractivity contribution < 1.29 is 4.79 Å². The highest BCUT2D eigenvalue weighted by Crippen LogP contribution is 2.25. The monoisotopic (exact) mass is 283 g/mol. The quantitative estimate of drug-likeness (QED) is 0.938. The van der Waals surface area contributed by atoms with E-state index in [-0.39, 0.29) is 5.91 Å². The highest BCUT2D eigenvalue weighted by atomic mass is 35.5. The van der Waals surface area contributed by atoms with Crippen LogP contribution in [0.5, 0.6) is 0 Å². The second-order valence-corrected chi connectivity index (χ2v) is 4.51. The van der Waals surface area contributed by atoms with Crippen molar-refractivity contribution in [2.75, 3.05) is 5.32 Å². The number of nitrogens with zero attached hydrogens (tertiary/aromatic N) is 2. The molecular weight excluding hydrogens is 273 g/mol. The number of carbonyl (C=O) groups is 1. The predicted octanol–water partition coefficient (Wildman–Crippen LogP) is 3.46. The maximum absolute atomic E-state index is 11.9. The molecule has 0 aliphatic heterocycles. The summed E-state index contributed by atoms with van der Waals surface area (Å²) in [5.41, 5.74) is 1.01. The van der Waals surface area contributed by atoms with Gasteiger partial charge in [-0.2, -0.15) is 5.10 Å². The van der Waals surface area contributed by atoms with Gasteiger partial charge >= 0.3 is 0 Å². The Hall–Kier alpha value is -1.52. The fourth-order valence-electron chi connectivity index (χ4n) is 1.44. The number of hydrogen-bond acceptors (Lipinski definition) is 2. The van der Waals surface area contributed by atoms with Crippen LogP contribution in [0.25, 0.3) is 0 Å². The van der Waals surface area contributed by atoms with Crippen LogP contribution >= 0.6 is 23.2 Å². The Morgan fingerprint density at radius 3 is 2.83 bits per heavy atom. The van der Waals surface area contributed by atoms with Gasteiger partial charge in [0.15, 0.2) is 0 Å². The molecule has 0 radical (unpaired) electrons.